The molecule has 0 saturated carbocycles. The number of hydrogen-bond acceptors (Lipinski definition) is 5. The molecule has 7 nitrogen and oxygen atoms in total. The standard InChI is InChI=1S/C9H11N3O4/c10-4-7(11)5-1-2-6(9(13)14)8(3-5)12(15)16/h1-3,7H,4,10-11H2,(H,13,14)/t7-/m0/s1. The predicted octanol–water partition coefficient (Wildman–Crippen LogP) is 0.252. The summed E-state index contributed by atoms with van der Waals surface area (Å²) in [6, 6.07) is 3.18. The molecule has 0 amide bonds. The summed E-state index contributed by atoms with van der Waals surface area (Å²) in [6.45, 7) is 0.129. The molecular formula is C9H11N3O4. The highest BCUT2D eigenvalue weighted by molar-refractivity contribution is 5.92. The van der Waals surface area contributed by atoms with E-state index in [4.69, 9.17) is 16.6 Å². The lowest BCUT2D eigenvalue weighted by molar-refractivity contribution is -0.385. The van der Waals surface area contributed by atoms with Gasteiger partial charge in [0.05, 0.1) is 4.92 Å². The van der Waals surface area contributed by atoms with Crippen molar-refractivity contribution in [2.24, 2.45) is 11.5 Å². The van der Waals surface area contributed by atoms with Crippen LogP contribution in [0.4, 0.5) is 5.69 Å². The van der Waals surface area contributed by atoms with Crippen LogP contribution in [-0.2, 0) is 0 Å². The summed E-state index contributed by atoms with van der Waals surface area (Å²) in [5.41, 5.74) is 10.5. The van der Waals surface area contributed by atoms with Crippen molar-refractivity contribution in [3.05, 3.63) is 39.4 Å². The van der Waals surface area contributed by atoms with E-state index in [1.165, 1.54) is 6.07 Å². The molecule has 16 heavy (non-hydrogen) atoms. The number of nitro groups is 1. The van der Waals surface area contributed by atoms with Crippen LogP contribution in [0.15, 0.2) is 18.2 Å². The Balaban J connectivity index is 3.28. The van der Waals surface area contributed by atoms with E-state index in [9.17, 15) is 14.9 Å². The molecule has 7 heteroatoms. The van der Waals surface area contributed by atoms with Crippen LogP contribution in [0.25, 0.3) is 0 Å². The molecule has 5 N–H and O–H groups in total. The number of carbonyl (C=O) groups is 1. The highest BCUT2D eigenvalue weighted by Gasteiger charge is 2.21. The molecule has 0 unspecified atom stereocenters. The SMILES string of the molecule is NC[C@H](N)c1ccc(C(=O)O)c([N+](=O)[O-])c1. The molecule has 0 bridgehead atoms. The molecule has 1 aromatic rings. The van der Waals surface area contributed by atoms with Gasteiger partial charge in [-0.25, -0.2) is 4.79 Å². The summed E-state index contributed by atoms with van der Waals surface area (Å²) >= 11 is 0. The number of carboxylic acid groups (broad SMARTS) is 1. The van der Waals surface area contributed by atoms with Gasteiger partial charge in [0.1, 0.15) is 5.56 Å². The third-order valence-electron chi connectivity index (χ3n) is 2.13. The van der Waals surface area contributed by atoms with E-state index in [-0.39, 0.29) is 12.1 Å². The fraction of sp³-hybridized carbons (Fsp3) is 0.222. The number of hydrogen-bond donors (Lipinski definition) is 3. The van der Waals surface area contributed by atoms with Gasteiger partial charge in [-0.05, 0) is 11.6 Å². The minimum absolute atomic E-state index is 0.129. The lowest BCUT2D eigenvalue weighted by Gasteiger charge is -2.09. The molecular weight excluding hydrogens is 214 g/mol. The Morgan fingerprint density at radius 2 is 2.19 bits per heavy atom. The predicted molar refractivity (Wildman–Crippen MR) is 56.0 cm³/mol. The molecule has 0 radical (unpaired) electrons. The topological polar surface area (TPSA) is 132 Å². The molecule has 0 saturated heterocycles. The second kappa shape index (κ2) is 4.69. The van der Waals surface area contributed by atoms with Crippen LogP contribution in [-0.4, -0.2) is 22.5 Å². The number of nitro benzene ring substituents is 1. The van der Waals surface area contributed by atoms with Gasteiger partial charge in [-0.2, -0.15) is 0 Å². The second-order valence-electron chi connectivity index (χ2n) is 3.18. The van der Waals surface area contributed by atoms with Gasteiger partial charge in [-0.3, -0.25) is 10.1 Å². The maximum absolute atomic E-state index is 10.7. The average molecular weight is 225 g/mol. The third kappa shape index (κ3) is 2.33. The first-order chi connectivity index (χ1) is 7.47. The van der Waals surface area contributed by atoms with Gasteiger partial charge in [0.25, 0.3) is 5.69 Å². The van der Waals surface area contributed by atoms with Crippen molar-refractivity contribution < 1.29 is 14.8 Å². The van der Waals surface area contributed by atoms with Crippen LogP contribution in [0.3, 0.4) is 0 Å². The van der Waals surface area contributed by atoms with Crippen LogP contribution in [0.5, 0.6) is 0 Å². The largest absolute Gasteiger partial charge is 0.477 e. The number of benzene rings is 1. The minimum Gasteiger partial charge on any atom is -0.477 e. The molecule has 1 atom stereocenters. The molecule has 0 spiro atoms. The van der Waals surface area contributed by atoms with Crippen LogP contribution < -0.4 is 11.5 Å². The van der Waals surface area contributed by atoms with Gasteiger partial charge in [0.2, 0.25) is 0 Å². The van der Waals surface area contributed by atoms with E-state index in [1.807, 2.05) is 0 Å². The first kappa shape index (κ1) is 12.1. The summed E-state index contributed by atoms with van der Waals surface area (Å²) in [6.07, 6.45) is 0. The minimum atomic E-state index is -1.35. The quantitative estimate of drug-likeness (QED) is 0.497. The monoisotopic (exact) mass is 225 g/mol. The van der Waals surface area contributed by atoms with Crippen molar-refractivity contribution >= 4 is 11.7 Å². The molecule has 86 valence electrons. The van der Waals surface area contributed by atoms with Crippen molar-refractivity contribution in [2.45, 2.75) is 6.04 Å². The van der Waals surface area contributed by atoms with Gasteiger partial charge < -0.3 is 16.6 Å². The zero-order chi connectivity index (χ0) is 12.3. The second-order valence-corrected chi connectivity index (χ2v) is 3.18. The van der Waals surface area contributed by atoms with Crippen LogP contribution >= 0.6 is 0 Å². The normalized spacial score (nSPS) is 12.1. The van der Waals surface area contributed by atoms with Gasteiger partial charge in [-0.1, -0.05) is 6.07 Å². The zero-order valence-corrected chi connectivity index (χ0v) is 8.29. The van der Waals surface area contributed by atoms with Gasteiger partial charge >= 0.3 is 5.97 Å². The number of rotatable bonds is 4. The van der Waals surface area contributed by atoms with Crippen LogP contribution in [0.2, 0.25) is 0 Å². The van der Waals surface area contributed by atoms with E-state index in [0.29, 0.717) is 5.56 Å². The maximum Gasteiger partial charge on any atom is 0.342 e. The first-order valence-corrected chi connectivity index (χ1v) is 4.44. The van der Waals surface area contributed by atoms with Crippen molar-refractivity contribution in [3.63, 3.8) is 0 Å². The smallest absolute Gasteiger partial charge is 0.342 e. The Labute approximate surface area is 90.8 Å². The van der Waals surface area contributed by atoms with E-state index in [1.54, 1.807) is 0 Å². The Morgan fingerprint density at radius 3 is 2.62 bits per heavy atom. The molecule has 0 aliphatic rings. The molecule has 1 rings (SSSR count). The highest BCUT2D eigenvalue weighted by atomic mass is 16.6. The third-order valence-corrected chi connectivity index (χ3v) is 2.13. The van der Waals surface area contributed by atoms with E-state index in [2.05, 4.69) is 0 Å². The van der Waals surface area contributed by atoms with E-state index >= 15 is 0 Å². The average Bonchev–Trinajstić information content (AvgIpc) is 2.26. The first-order valence-electron chi connectivity index (χ1n) is 4.44. The van der Waals surface area contributed by atoms with Crippen molar-refractivity contribution in [2.75, 3.05) is 6.54 Å². The summed E-state index contributed by atoms with van der Waals surface area (Å²) in [4.78, 5) is 20.6. The molecule has 0 aliphatic heterocycles. The lowest BCUT2D eigenvalue weighted by atomic mass is 10.0. The Hall–Kier alpha value is -1.99. The molecule has 1 aromatic carbocycles. The Bertz CT molecular complexity index is 433. The van der Waals surface area contributed by atoms with Crippen LogP contribution in [0.1, 0.15) is 22.0 Å². The van der Waals surface area contributed by atoms with E-state index in [0.717, 1.165) is 12.1 Å². The van der Waals surface area contributed by atoms with Gasteiger partial charge in [0.15, 0.2) is 0 Å². The summed E-state index contributed by atoms with van der Waals surface area (Å²) in [7, 11) is 0. The fourth-order valence-electron chi connectivity index (χ4n) is 1.25. The number of nitrogens with zero attached hydrogens (tertiary/aromatic N) is 1. The number of carboxylic acids is 1. The Morgan fingerprint density at radius 1 is 1.56 bits per heavy atom. The Kier molecular flexibility index (Phi) is 3.54. The van der Waals surface area contributed by atoms with Gasteiger partial charge in [-0.15, -0.1) is 0 Å². The molecule has 0 fully saturated rings. The number of aromatic carboxylic acids is 1. The maximum atomic E-state index is 10.7. The zero-order valence-electron chi connectivity index (χ0n) is 8.29. The van der Waals surface area contributed by atoms with Crippen molar-refractivity contribution in [1.29, 1.82) is 0 Å². The fourth-order valence-corrected chi connectivity index (χ4v) is 1.25. The van der Waals surface area contributed by atoms with Crippen LogP contribution in [0, 0.1) is 10.1 Å². The van der Waals surface area contributed by atoms with E-state index < -0.39 is 22.6 Å². The van der Waals surface area contributed by atoms with Gasteiger partial charge in [0, 0.05) is 18.7 Å². The summed E-state index contributed by atoms with van der Waals surface area (Å²) in [5, 5.41) is 19.4. The number of nitrogens with two attached hydrogens (primary N) is 2. The lowest BCUT2D eigenvalue weighted by Crippen LogP contribution is -2.21. The highest BCUT2D eigenvalue weighted by Crippen LogP contribution is 2.22. The molecule has 0 aliphatic carbocycles. The van der Waals surface area contributed by atoms with Crippen molar-refractivity contribution in [3.8, 4) is 0 Å². The summed E-state index contributed by atoms with van der Waals surface area (Å²) < 4.78 is 0. The van der Waals surface area contributed by atoms with Crippen molar-refractivity contribution in [1.82, 2.24) is 0 Å². The molecule has 0 heterocycles. The summed E-state index contributed by atoms with van der Waals surface area (Å²) in [5.74, 6) is -1.35. The molecule has 0 aromatic heterocycles.